The number of rotatable bonds is 11. The van der Waals surface area contributed by atoms with E-state index < -0.39 is 17.8 Å². The highest BCUT2D eigenvalue weighted by Gasteiger charge is 2.41. The van der Waals surface area contributed by atoms with Crippen LogP contribution in [0.1, 0.15) is 64.0 Å². The molecule has 58 heavy (non-hydrogen) atoms. The molecule has 0 amide bonds. The van der Waals surface area contributed by atoms with Crippen LogP contribution >= 0.6 is 15.9 Å². The maximum atomic E-state index is 13.4. The molecule has 1 atom stereocenters. The number of carbonyl (C=O) groups is 2. The van der Waals surface area contributed by atoms with Crippen LogP contribution in [0, 0.1) is 6.92 Å². The Labute approximate surface area is 342 Å². The summed E-state index contributed by atoms with van der Waals surface area (Å²) in [5, 5.41) is 15.5. The zero-order chi connectivity index (χ0) is 39.8. The number of aromatic nitrogens is 6. The number of nitrogens with zero attached hydrogens (tertiary/aromatic N) is 6. The molecule has 0 aliphatic carbocycles. The van der Waals surface area contributed by atoms with E-state index in [9.17, 15) is 9.59 Å². The van der Waals surface area contributed by atoms with Crippen molar-refractivity contribution in [2.75, 3.05) is 0 Å². The van der Waals surface area contributed by atoms with E-state index in [1.165, 1.54) is 0 Å². The van der Waals surface area contributed by atoms with Crippen molar-refractivity contribution in [2.45, 2.75) is 51.5 Å². The molecule has 0 unspecified atom stereocenters. The van der Waals surface area contributed by atoms with E-state index >= 15 is 0 Å². The number of halogens is 1. The van der Waals surface area contributed by atoms with Crippen LogP contribution in [0.25, 0.3) is 33.7 Å². The van der Waals surface area contributed by atoms with Crippen molar-refractivity contribution in [3.05, 3.63) is 177 Å². The lowest BCUT2D eigenvalue weighted by Crippen LogP contribution is -2.39. The topological polar surface area (TPSA) is 127 Å². The summed E-state index contributed by atoms with van der Waals surface area (Å²) in [6, 6.07) is 44.5. The summed E-state index contributed by atoms with van der Waals surface area (Å²) in [5.41, 5.74) is 6.04. The highest BCUT2D eigenvalue weighted by Crippen LogP contribution is 2.43. The van der Waals surface area contributed by atoms with Crippen molar-refractivity contribution in [2.24, 2.45) is 0 Å². The van der Waals surface area contributed by atoms with Gasteiger partial charge in [-0.15, -0.1) is 15.0 Å². The van der Waals surface area contributed by atoms with Crippen LogP contribution in [-0.2, 0) is 32.8 Å². The molecule has 0 radical (unpaired) electrons. The van der Waals surface area contributed by atoms with Crippen molar-refractivity contribution >= 4 is 38.8 Å². The van der Waals surface area contributed by atoms with Crippen LogP contribution in [0.15, 0.2) is 142 Å². The van der Waals surface area contributed by atoms with Gasteiger partial charge in [0.2, 0.25) is 12.1 Å². The molecule has 3 aromatic heterocycles. The Morgan fingerprint density at radius 3 is 2.09 bits per heavy atom. The zero-order valence-electron chi connectivity index (χ0n) is 31.7. The molecule has 0 spiro atoms. The molecular weight excluding hydrogens is 796 g/mol. The van der Waals surface area contributed by atoms with Crippen molar-refractivity contribution in [1.82, 2.24) is 29.8 Å². The number of esters is 2. The van der Waals surface area contributed by atoms with Gasteiger partial charge < -0.3 is 18.5 Å². The monoisotopic (exact) mass is 832 g/mol. The highest BCUT2D eigenvalue weighted by atomic mass is 79.9. The second-order valence-corrected chi connectivity index (χ2v) is 14.9. The van der Waals surface area contributed by atoms with E-state index in [1.54, 1.807) is 11.7 Å². The second-order valence-electron chi connectivity index (χ2n) is 14.1. The standard InChI is InChI=1S/C46H37BrN6O5/c1-3-38-48-29(2)42(45(55)58-40-26-25-39(54)57-40)52(38)28-30-23-24-37-36(27-30)41(47)43(56-37)34-21-13-14-22-35(34)44-49-51-53(50-44)46(31-15-7-4-8-16-31,32-17-9-5-10-18-32)33-19-11-6-12-20-33/h4-24,27,40H,3,25-26,28H2,1-2H3/t40-/m1/s1. The first kappa shape index (κ1) is 36.9. The molecule has 1 aliphatic rings. The number of imidazole rings is 1. The molecule has 9 rings (SSSR count). The number of cyclic esters (lactones) is 1. The fraction of sp³-hybridized carbons (Fsp3) is 0.174. The van der Waals surface area contributed by atoms with Gasteiger partial charge in [-0.1, -0.05) is 128 Å². The van der Waals surface area contributed by atoms with Gasteiger partial charge in [-0.25, -0.2) is 9.78 Å². The number of hydrogen-bond donors (Lipinski definition) is 0. The van der Waals surface area contributed by atoms with Crippen molar-refractivity contribution in [3.8, 4) is 22.7 Å². The lowest BCUT2D eigenvalue weighted by atomic mass is 9.77. The predicted molar refractivity (Wildman–Crippen MR) is 221 cm³/mol. The largest absolute Gasteiger partial charge is 0.455 e. The molecule has 8 aromatic rings. The minimum atomic E-state index is -0.925. The Morgan fingerprint density at radius 1 is 0.862 bits per heavy atom. The number of benzene rings is 5. The summed E-state index contributed by atoms with van der Waals surface area (Å²) >= 11 is 3.88. The van der Waals surface area contributed by atoms with Crippen molar-refractivity contribution in [1.29, 1.82) is 0 Å². The molecule has 5 aromatic carbocycles. The normalized spacial score (nSPS) is 14.2. The fourth-order valence-corrected chi connectivity index (χ4v) is 8.49. The number of furan rings is 1. The fourth-order valence-electron chi connectivity index (χ4n) is 7.88. The first-order chi connectivity index (χ1) is 28.3. The summed E-state index contributed by atoms with van der Waals surface area (Å²) < 4.78 is 19.9. The van der Waals surface area contributed by atoms with Gasteiger partial charge in [-0.3, -0.25) is 4.79 Å². The maximum Gasteiger partial charge on any atom is 0.359 e. The Balaban J connectivity index is 1.09. The van der Waals surface area contributed by atoms with E-state index in [0.29, 0.717) is 47.9 Å². The maximum absolute atomic E-state index is 13.4. The molecule has 12 heteroatoms. The van der Waals surface area contributed by atoms with E-state index in [4.69, 9.17) is 29.3 Å². The first-order valence-electron chi connectivity index (χ1n) is 19.1. The Bertz CT molecular complexity index is 2680. The van der Waals surface area contributed by atoms with Gasteiger partial charge in [0, 0.05) is 35.9 Å². The van der Waals surface area contributed by atoms with Gasteiger partial charge in [0.1, 0.15) is 17.2 Å². The molecule has 288 valence electrons. The van der Waals surface area contributed by atoms with Gasteiger partial charge >= 0.3 is 11.9 Å². The first-order valence-corrected chi connectivity index (χ1v) is 19.9. The third-order valence-corrected chi connectivity index (χ3v) is 11.3. The average Bonchev–Trinajstić information content (AvgIpc) is 4.05. The molecular formula is C46H37BrN6O5. The van der Waals surface area contributed by atoms with E-state index in [2.05, 4.69) is 57.3 Å². The molecule has 4 heterocycles. The quantitative estimate of drug-likeness (QED) is 0.0926. The lowest BCUT2D eigenvalue weighted by molar-refractivity contribution is -0.154. The summed E-state index contributed by atoms with van der Waals surface area (Å²) in [4.78, 5) is 31.4. The minimum Gasteiger partial charge on any atom is -0.455 e. The summed E-state index contributed by atoms with van der Waals surface area (Å²) in [6.07, 6.45) is 0.259. The average molecular weight is 834 g/mol. The third-order valence-electron chi connectivity index (χ3n) is 10.5. The predicted octanol–water partition coefficient (Wildman–Crippen LogP) is 9.29. The van der Waals surface area contributed by atoms with Crippen LogP contribution in [0.5, 0.6) is 0 Å². The smallest absolute Gasteiger partial charge is 0.359 e. The molecule has 1 fully saturated rings. The Kier molecular flexibility index (Phi) is 9.78. The third kappa shape index (κ3) is 6.48. The van der Waals surface area contributed by atoms with Crippen LogP contribution in [-0.4, -0.2) is 48.0 Å². The lowest BCUT2D eigenvalue weighted by Gasteiger charge is -2.34. The Morgan fingerprint density at radius 2 is 1.48 bits per heavy atom. The van der Waals surface area contributed by atoms with Gasteiger partial charge in [0.15, 0.2) is 11.2 Å². The minimum absolute atomic E-state index is 0.219. The van der Waals surface area contributed by atoms with Crippen LogP contribution in [0.4, 0.5) is 0 Å². The van der Waals surface area contributed by atoms with Gasteiger partial charge in [-0.2, -0.15) is 0 Å². The van der Waals surface area contributed by atoms with Crippen molar-refractivity contribution < 1.29 is 23.5 Å². The van der Waals surface area contributed by atoms with E-state index in [-0.39, 0.29) is 12.4 Å². The van der Waals surface area contributed by atoms with Crippen LogP contribution in [0.3, 0.4) is 0 Å². The summed E-state index contributed by atoms with van der Waals surface area (Å²) in [5.74, 6) is 0.836. The highest BCUT2D eigenvalue weighted by molar-refractivity contribution is 9.10. The van der Waals surface area contributed by atoms with Gasteiger partial charge in [-0.05, 0) is 62.5 Å². The number of tetrazole rings is 1. The number of aryl methyl sites for hydroxylation is 2. The van der Waals surface area contributed by atoms with Crippen LogP contribution in [0.2, 0.25) is 0 Å². The molecule has 0 saturated carbocycles. The number of fused-ring (bicyclic) bond motifs is 1. The van der Waals surface area contributed by atoms with Crippen LogP contribution < -0.4 is 0 Å². The number of ether oxygens (including phenoxy) is 2. The number of carbonyl (C=O) groups excluding carboxylic acids is 2. The van der Waals surface area contributed by atoms with Crippen molar-refractivity contribution in [3.63, 3.8) is 0 Å². The summed E-state index contributed by atoms with van der Waals surface area (Å²) in [6.45, 7) is 4.13. The molecule has 1 aliphatic heterocycles. The van der Waals surface area contributed by atoms with Gasteiger partial charge in [0.25, 0.3) is 0 Å². The summed E-state index contributed by atoms with van der Waals surface area (Å²) in [7, 11) is 0. The van der Waals surface area contributed by atoms with E-state index in [0.717, 1.165) is 49.1 Å². The molecule has 11 nitrogen and oxygen atoms in total. The molecule has 1 saturated heterocycles. The zero-order valence-corrected chi connectivity index (χ0v) is 33.3. The number of hydrogen-bond acceptors (Lipinski definition) is 9. The molecule has 0 N–H and O–H groups in total. The molecule has 0 bridgehead atoms. The Hall–Kier alpha value is -6.66. The van der Waals surface area contributed by atoms with Gasteiger partial charge in [0.05, 0.1) is 16.6 Å². The SMILES string of the molecule is CCc1nc(C)c(C(=O)O[C@@H]2CCC(=O)O2)n1Cc1ccc2oc(-c3ccccc3-c3nnn(C(c4ccccc4)(c4ccccc4)c4ccccc4)n3)c(Br)c2c1. The van der Waals surface area contributed by atoms with E-state index in [1.807, 2.05) is 109 Å². The second kappa shape index (κ2) is 15.4.